The van der Waals surface area contributed by atoms with Gasteiger partial charge in [0, 0.05) is 10.9 Å². The monoisotopic (exact) mass is 283 g/mol. The molecule has 86 valence electrons. The fourth-order valence-electron chi connectivity index (χ4n) is 1.25. The van der Waals surface area contributed by atoms with Crippen molar-refractivity contribution < 1.29 is 9.47 Å². The van der Waals surface area contributed by atoms with Crippen LogP contribution in [0.2, 0.25) is 0 Å². The van der Waals surface area contributed by atoms with Crippen LogP contribution in [0.25, 0.3) is 0 Å². The number of nitrogens with zero attached hydrogens (tertiary/aromatic N) is 1. The first kappa shape index (κ1) is 12.9. The van der Waals surface area contributed by atoms with Crippen LogP contribution in [0.4, 0.5) is 0 Å². The molecule has 0 heterocycles. The Labute approximate surface area is 104 Å². The minimum Gasteiger partial charge on any atom is -0.493 e. The van der Waals surface area contributed by atoms with E-state index in [1.807, 2.05) is 18.2 Å². The zero-order chi connectivity index (χ0) is 11.8. The summed E-state index contributed by atoms with van der Waals surface area (Å²) in [5, 5.41) is 8.38. The Balaban J connectivity index is 2.46. The van der Waals surface area contributed by atoms with Crippen LogP contribution < -0.4 is 9.47 Å². The zero-order valence-electron chi connectivity index (χ0n) is 9.20. The molecule has 0 fully saturated rings. The third-order valence-electron chi connectivity index (χ3n) is 2.07. The fraction of sp³-hybridized carbons (Fsp3) is 0.417. The van der Waals surface area contributed by atoms with Crippen LogP contribution in [0, 0.1) is 11.3 Å². The van der Waals surface area contributed by atoms with Gasteiger partial charge in [-0.05, 0) is 31.0 Å². The summed E-state index contributed by atoms with van der Waals surface area (Å²) >= 11 is 3.38. The second kappa shape index (κ2) is 7.13. The van der Waals surface area contributed by atoms with Crippen molar-refractivity contribution in [2.24, 2.45) is 0 Å². The number of ether oxygens (including phenoxy) is 2. The summed E-state index contributed by atoms with van der Waals surface area (Å²) in [5.41, 5.74) is 0. The Hall–Kier alpha value is -1.21. The van der Waals surface area contributed by atoms with Gasteiger partial charge in [0.25, 0.3) is 0 Å². The van der Waals surface area contributed by atoms with Crippen LogP contribution in [0.3, 0.4) is 0 Å². The molecule has 0 unspecified atom stereocenters. The summed E-state index contributed by atoms with van der Waals surface area (Å²) in [6.45, 7) is 0.606. The molecule has 1 aromatic rings. The Morgan fingerprint density at radius 3 is 2.81 bits per heavy atom. The van der Waals surface area contributed by atoms with E-state index >= 15 is 0 Å². The minimum atomic E-state index is 0.582. The maximum Gasteiger partial charge on any atom is 0.162 e. The first-order valence-electron chi connectivity index (χ1n) is 5.11. The second-order valence-corrected chi connectivity index (χ2v) is 4.17. The van der Waals surface area contributed by atoms with E-state index in [0.717, 1.165) is 28.8 Å². The van der Waals surface area contributed by atoms with Gasteiger partial charge in [-0.15, -0.1) is 0 Å². The van der Waals surface area contributed by atoms with E-state index < -0.39 is 0 Å². The predicted molar refractivity (Wildman–Crippen MR) is 65.7 cm³/mol. The lowest BCUT2D eigenvalue weighted by molar-refractivity contribution is 0.287. The number of nitriles is 1. The van der Waals surface area contributed by atoms with E-state index in [0.29, 0.717) is 13.0 Å². The van der Waals surface area contributed by atoms with Crippen molar-refractivity contribution in [3.05, 3.63) is 22.7 Å². The third kappa shape index (κ3) is 4.11. The molecule has 0 aromatic heterocycles. The van der Waals surface area contributed by atoms with Gasteiger partial charge < -0.3 is 9.47 Å². The molecule has 1 aromatic carbocycles. The minimum absolute atomic E-state index is 0.582. The molecule has 0 aliphatic heterocycles. The number of rotatable bonds is 6. The second-order valence-electron chi connectivity index (χ2n) is 3.26. The number of methoxy groups -OCH3 is 1. The Morgan fingerprint density at radius 1 is 1.31 bits per heavy atom. The lowest BCUT2D eigenvalue weighted by Crippen LogP contribution is -1.99. The highest BCUT2D eigenvalue weighted by atomic mass is 79.9. The molecule has 0 saturated heterocycles. The summed E-state index contributed by atoms with van der Waals surface area (Å²) in [6.07, 6.45) is 2.33. The van der Waals surface area contributed by atoms with E-state index in [1.54, 1.807) is 7.11 Å². The van der Waals surface area contributed by atoms with Crippen LogP contribution in [-0.2, 0) is 0 Å². The van der Waals surface area contributed by atoms with Gasteiger partial charge in [-0.25, -0.2) is 0 Å². The van der Waals surface area contributed by atoms with Gasteiger partial charge in [-0.3, -0.25) is 0 Å². The van der Waals surface area contributed by atoms with Gasteiger partial charge in [0.05, 0.1) is 19.8 Å². The van der Waals surface area contributed by atoms with Gasteiger partial charge in [0.15, 0.2) is 11.5 Å². The number of benzene rings is 1. The molecule has 0 amide bonds. The van der Waals surface area contributed by atoms with Gasteiger partial charge in [0.2, 0.25) is 0 Å². The van der Waals surface area contributed by atoms with E-state index in [9.17, 15) is 0 Å². The topological polar surface area (TPSA) is 42.2 Å². The summed E-state index contributed by atoms with van der Waals surface area (Å²) in [4.78, 5) is 0. The van der Waals surface area contributed by atoms with Crippen LogP contribution in [0.1, 0.15) is 19.3 Å². The third-order valence-corrected chi connectivity index (χ3v) is 2.56. The van der Waals surface area contributed by atoms with Crippen molar-refractivity contribution in [3.8, 4) is 17.6 Å². The normalized spacial score (nSPS) is 9.56. The average Bonchev–Trinajstić information content (AvgIpc) is 2.29. The first-order valence-corrected chi connectivity index (χ1v) is 5.90. The maximum atomic E-state index is 8.38. The lowest BCUT2D eigenvalue weighted by atomic mass is 10.2. The molecule has 3 nitrogen and oxygen atoms in total. The van der Waals surface area contributed by atoms with Crippen molar-refractivity contribution in [1.82, 2.24) is 0 Å². The molecule has 16 heavy (non-hydrogen) atoms. The van der Waals surface area contributed by atoms with E-state index in [4.69, 9.17) is 14.7 Å². The molecule has 0 aliphatic rings. The summed E-state index contributed by atoms with van der Waals surface area (Å²) in [7, 11) is 1.62. The maximum absolute atomic E-state index is 8.38. The van der Waals surface area contributed by atoms with Crippen molar-refractivity contribution in [3.63, 3.8) is 0 Å². The highest BCUT2D eigenvalue weighted by Gasteiger charge is 2.04. The summed E-state index contributed by atoms with van der Waals surface area (Å²) < 4.78 is 11.7. The van der Waals surface area contributed by atoms with Crippen molar-refractivity contribution in [2.45, 2.75) is 19.3 Å². The Morgan fingerprint density at radius 2 is 2.12 bits per heavy atom. The molecular formula is C12H14BrNO2. The number of halogens is 1. The average molecular weight is 284 g/mol. The van der Waals surface area contributed by atoms with Gasteiger partial charge in [-0.1, -0.05) is 15.9 Å². The number of hydrogen-bond acceptors (Lipinski definition) is 3. The van der Waals surface area contributed by atoms with Gasteiger partial charge in [-0.2, -0.15) is 5.26 Å². The number of unbranched alkanes of at least 4 members (excludes halogenated alkanes) is 2. The Bertz CT molecular complexity index is 374. The quantitative estimate of drug-likeness (QED) is 0.750. The fourth-order valence-corrected chi connectivity index (χ4v) is 1.59. The van der Waals surface area contributed by atoms with Crippen molar-refractivity contribution >= 4 is 15.9 Å². The molecule has 0 radical (unpaired) electrons. The molecule has 0 bridgehead atoms. The standard InChI is InChI=1S/C12H14BrNO2/c1-15-11-6-5-10(13)9-12(11)16-8-4-2-3-7-14/h5-6,9H,2-4,8H2,1H3. The van der Waals surface area contributed by atoms with Gasteiger partial charge in [0.1, 0.15) is 0 Å². The molecule has 0 saturated carbocycles. The molecule has 0 aliphatic carbocycles. The highest BCUT2D eigenvalue weighted by Crippen LogP contribution is 2.30. The van der Waals surface area contributed by atoms with Gasteiger partial charge >= 0.3 is 0 Å². The van der Waals surface area contributed by atoms with Crippen LogP contribution in [0.5, 0.6) is 11.5 Å². The van der Waals surface area contributed by atoms with Crippen LogP contribution in [-0.4, -0.2) is 13.7 Å². The van der Waals surface area contributed by atoms with E-state index in [2.05, 4.69) is 22.0 Å². The van der Waals surface area contributed by atoms with Crippen LogP contribution in [0.15, 0.2) is 22.7 Å². The smallest absolute Gasteiger partial charge is 0.162 e. The molecule has 1 rings (SSSR count). The zero-order valence-corrected chi connectivity index (χ0v) is 10.8. The Kier molecular flexibility index (Phi) is 5.73. The molecular weight excluding hydrogens is 270 g/mol. The molecule has 0 atom stereocenters. The summed E-state index contributed by atoms with van der Waals surface area (Å²) in [5.74, 6) is 1.46. The highest BCUT2D eigenvalue weighted by molar-refractivity contribution is 9.10. The molecule has 0 spiro atoms. The van der Waals surface area contributed by atoms with Crippen LogP contribution >= 0.6 is 15.9 Å². The SMILES string of the molecule is COc1ccc(Br)cc1OCCCCC#N. The number of hydrogen-bond donors (Lipinski definition) is 0. The predicted octanol–water partition coefficient (Wildman–Crippen LogP) is 3.53. The first-order chi connectivity index (χ1) is 7.77. The van der Waals surface area contributed by atoms with E-state index in [-0.39, 0.29) is 0 Å². The lowest BCUT2D eigenvalue weighted by Gasteiger charge is -2.10. The largest absolute Gasteiger partial charge is 0.493 e. The van der Waals surface area contributed by atoms with Crippen molar-refractivity contribution in [1.29, 1.82) is 5.26 Å². The van der Waals surface area contributed by atoms with Crippen molar-refractivity contribution in [2.75, 3.05) is 13.7 Å². The molecule has 4 heteroatoms. The summed E-state index contributed by atoms with van der Waals surface area (Å²) in [6, 6.07) is 7.75. The van der Waals surface area contributed by atoms with E-state index in [1.165, 1.54) is 0 Å². The molecule has 0 N–H and O–H groups in total.